The summed E-state index contributed by atoms with van der Waals surface area (Å²) >= 11 is 0. The standard InChI is InChI=1S/C11H19N3O5/c1-2-19-11(18)13-6-4-3-5-8(14-7-15)9(16)10(12)17/h7-8H,2-6H2,1H3,(H2,12,17)(H,13,18)(H,14,15). The number of nitrogens with one attached hydrogen (secondary N) is 2. The summed E-state index contributed by atoms with van der Waals surface area (Å²) in [5, 5.41) is 4.75. The number of nitrogens with two attached hydrogens (primary N) is 1. The Morgan fingerprint density at radius 1 is 1.32 bits per heavy atom. The van der Waals surface area contributed by atoms with E-state index in [0.29, 0.717) is 32.4 Å². The van der Waals surface area contributed by atoms with Gasteiger partial charge in [-0.15, -0.1) is 0 Å². The van der Waals surface area contributed by atoms with Crippen LogP contribution in [0.5, 0.6) is 0 Å². The number of hydrogen-bond acceptors (Lipinski definition) is 5. The number of unbranched alkanes of at least 4 members (excludes halogenated alkanes) is 1. The van der Waals surface area contributed by atoms with Crippen molar-refractivity contribution < 1.29 is 23.9 Å². The van der Waals surface area contributed by atoms with Gasteiger partial charge in [0, 0.05) is 6.54 Å². The normalized spacial score (nSPS) is 11.2. The zero-order valence-electron chi connectivity index (χ0n) is 10.8. The predicted molar refractivity (Wildman–Crippen MR) is 66.1 cm³/mol. The molecule has 0 bridgehead atoms. The first-order valence-electron chi connectivity index (χ1n) is 5.96. The highest BCUT2D eigenvalue weighted by Gasteiger charge is 2.21. The average Bonchev–Trinajstić information content (AvgIpc) is 2.36. The lowest BCUT2D eigenvalue weighted by Gasteiger charge is -2.12. The molecule has 0 aromatic heterocycles. The third-order valence-corrected chi connectivity index (χ3v) is 2.29. The number of alkyl carbamates (subject to hydrolysis) is 1. The Morgan fingerprint density at radius 2 is 2.00 bits per heavy atom. The zero-order chi connectivity index (χ0) is 14.7. The first-order chi connectivity index (χ1) is 9.02. The van der Waals surface area contributed by atoms with Crippen LogP contribution in [0.1, 0.15) is 26.2 Å². The molecular weight excluding hydrogens is 254 g/mol. The molecule has 0 saturated heterocycles. The molecule has 0 radical (unpaired) electrons. The Kier molecular flexibility index (Phi) is 8.76. The lowest BCUT2D eigenvalue weighted by atomic mass is 10.1. The summed E-state index contributed by atoms with van der Waals surface area (Å²) in [7, 11) is 0. The topological polar surface area (TPSA) is 128 Å². The molecule has 1 unspecified atom stereocenters. The van der Waals surface area contributed by atoms with Gasteiger partial charge in [0.15, 0.2) is 0 Å². The molecule has 0 aromatic carbocycles. The van der Waals surface area contributed by atoms with Gasteiger partial charge in [-0.05, 0) is 26.2 Å². The van der Waals surface area contributed by atoms with Crippen molar-refractivity contribution in [3.8, 4) is 0 Å². The highest BCUT2D eigenvalue weighted by Crippen LogP contribution is 2.01. The molecule has 1 atom stereocenters. The second-order valence-corrected chi connectivity index (χ2v) is 3.71. The van der Waals surface area contributed by atoms with E-state index in [1.54, 1.807) is 6.92 Å². The molecule has 0 saturated carbocycles. The number of ketones is 1. The molecule has 0 rings (SSSR count). The molecule has 0 spiro atoms. The summed E-state index contributed by atoms with van der Waals surface area (Å²) in [5.74, 6) is -1.91. The number of carbonyl (C=O) groups is 4. The van der Waals surface area contributed by atoms with Crippen LogP contribution in [0.2, 0.25) is 0 Å². The van der Waals surface area contributed by atoms with Crippen molar-refractivity contribution >= 4 is 24.2 Å². The van der Waals surface area contributed by atoms with Gasteiger partial charge in [-0.25, -0.2) is 4.79 Å². The molecule has 0 heterocycles. The van der Waals surface area contributed by atoms with E-state index in [0.717, 1.165) is 0 Å². The third-order valence-electron chi connectivity index (χ3n) is 2.29. The van der Waals surface area contributed by atoms with E-state index in [4.69, 9.17) is 5.73 Å². The summed E-state index contributed by atoms with van der Waals surface area (Å²) in [4.78, 5) is 43.2. The molecule has 0 aliphatic rings. The van der Waals surface area contributed by atoms with Gasteiger partial charge in [0.05, 0.1) is 12.6 Å². The molecule has 19 heavy (non-hydrogen) atoms. The van der Waals surface area contributed by atoms with Crippen molar-refractivity contribution in [1.29, 1.82) is 0 Å². The quantitative estimate of drug-likeness (QED) is 0.269. The average molecular weight is 273 g/mol. The fourth-order valence-corrected chi connectivity index (χ4v) is 1.39. The largest absolute Gasteiger partial charge is 0.450 e. The van der Waals surface area contributed by atoms with Crippen molar-refractivity contribution in [2.45, 2.75) is 32.2 Å². The summed E-state index contributed by atoms with van der Waals surface area (Å²) in [6, 6.07) is -0.905. The number of rotatable bonds is 10. The maximum atomic E-state index is 11.3. The molecule has 8 nitrogen and oxygen atoms in total. The predicted octanol–water partition coefficient (Wildman–Crippen LogP) is -0.928. The Balaban J connectivity index is 3.88. The van der Waals surface area contributed by atoms with Crippen LogP contribution in [0.4, 0.5) is 4.79 Å². The molecule has 0 aliphatic heterocycles. The highest BCUT2D eigenvalue weighted by atomic mass is 16.5. The van der Waals surface area contributed by atoms with Gasteiger partial charge in [-0.1, -0.05) is 0 Å². The van der Waals surface area contributed by atoms with Crippen molar-refractivity contribution in [3.05, 3.63) is 0 Å². The lowest BCUT2D eigenvalue weighted by molar-refractivity contribution is -0.137. The molecule has 3 amide bonds. The van der Waals surface area contributed by atoms with E-state index in [-0.39, 0.29) is 6.42 Å². The molecule has 0 aromatic rings. The SMILES string of the molecule is CCOC(=O)NCCCCC(NC=O)C(=O)C(N)=O. The van der Waals surface area contributed by atoms with Crippen LogP contribution < -0.4 is 16.4 Å². The second kappa shape index (κ2) is 9.86. The Hall–Kier alpha value is -2.12. The van der Waals surface area contributed by atoms with Crippen LogP contribution in [0.3, 0.4) is 0 Å². The maximum absolute atomic E-state index is 11.3. The van der Waals surface area contributed by atoms with Gasteiger partial charge >= 0.3 is 6.09 Å². The van der Waals surface area contributed by atoms with Gasteiger partial charge in [0.25, 0.3) is 5.91 Å². The minimum atomic E-state index is -1.08. The lowest BCUT2D eigenvalue weighted by Crippen LogP contribution is -2.43. The van der Waals surface area contributed by atoms with E-state index in [1.807, 2.05) is 0 Å². The smallest absolute Gasteiger partial charge is 0.407 e. The van der Waals surface area contributed by atoms with E-state index in [1.165, 1.54) is 0 Å². The van der Waals surface area contributed by atoms with E-state index in [2.05, 4.69) is 15.4 Å². The molecule has 8 heteroatoms. The van der Waals surface area contributed by atoms with Crippen LogP contribution in [0.25, 0.3) is 0 Å². The Morgan fingerprint density at radius 3 is 2.53 bits per heavy atom. The molecule has 0 fully saturated rings. The van der Waals surface area contributed by atoms with Crippen LogP contribution in [-0.2, 0) is 19.1 Å². The third kappa shape index (κ3) is 7.74. The molecule has 0 aliphatic carbocycles. The first-order valence-corrected chi connectivity index (χ1v) is 5.96. The van der Waals surface area contributed by atoms with Crippen LogP contribution in [-0.4, -0.2) is 43.4 Å². The second-order valence-electron chi connectivity index (χ2n) is 3.71. The number of primary amides is 1. The van der Waals surface area contributed by atoms with Gasteiger partial charge in [-0.3, -0.25) is 14.4 Å². The van der Waals surface area contributed by atoms with Gasteiger partial charge < -0.3 is 21.1 Å². The first kappa shape index (κ1) is 16.9. The number of amides is 3. The maximum Gasteiger partial charge on any atom is 0.407 e. The van der Waals surface area contributed by atoms with E-state index < -0.39 is 23.8 Å². The van der Waals surface area contributed by atoms with Crippen molar-refractivity contribution in [3.63, 3.8) is 0 Å². The van der Waals surface area contributed by atoms with Crippen molar-refractivity contribution in [2.24, 2.45) is 5.73 Å². The van der Waals surface area contributed by atoms with E-state index in [9.17, 15) is 19.2 Å². The summed E-state index contributed by atoms with van der Waals surface area (Å²) in [5.41, 5.74) is 4.85. The molecular formula is C11H19N3O5. The minimum absolute atomic E-state index is 0.283. The number of hydrogen-bond donors (Lipinski definition) is 3. The fraction of sp³-hybridized carbons (Fsp3) is 0.636. The highest BCUT2D eigenvalue weighted by molar-refractivity contribution is 6.37. The van der Waals surface area contributed by atoms with Gasteiger partial charge in [-0.2, -0.15) is 0 Å². The van der Waals surface area contributed by atoms with Crippen LogP contribution in [0.15, 0.2) is 0 Å². The fourth-order valence-electron chi connectivity index (χ4n) is 1.39. The monoisotopic (exact) mass is 273 g/mol. The van der Waals surface area contributed by atoms with Gasteiger partial charge in [0.1, 0.15) is 0 Å². The zero-order valence-corrected chi connectivity index (χ0v) is 10.8. The van der Waals surface area contributed by atoms with Crippen molar-refractivity contribution in [2.75, 3.05) is 13.2 Å². The van der Waals surface area contributed by atoms with E-state index >= 15 is 0 Å². The summed E-state index contributed by atoms with van der Waals surface area (Å²) in [6.07, 6.45) is 1.25. The Bertz CT molecular complexity index is 332. The number of carbonyl (C=O) groups excluding carboxylic acids is 4. The summed E-state index contributed by atoms with van der Waals surface area (Å²) in [6.45, 7) is 2.38. The molecule has 4 N–H and O–H groups in total. The van der Waals surface area contributed by atoms with Crippen molar-refractivity contribution in [1.82, 2.24) is 10.6 Å². The molecule has 108 valence electrons. The van der Waals surface area contributed by atoms with Crippen LogP contribution >= 0.6 is 0 Å². The Labute approximate surface area is 111 Å². The number of ether oxygens (including phenoxy) is 1. The minimum Gasteiger partial charge on any atom is -0.450 e. The van der Waals surface area contributed by atoms with Crippen LogP contribution in [0, 0.1) is 0 Å². The number of Topliss-reactive ketones (excluding diaryl/α,β-unsaturated/α-hetero) is 1. The summed E-state index contributed by atoms with van der Waals surface area (Å²) < 4.78 is 4.65. The van der Waals surface area contributed by atoms with Gasteiger partial charge in [0.2, 0.25) is 12.2 Å².